The van der Waals surface area contributed by atoms with Crippen molar-refractivity contribution in [1.29, 1.82) is 0 Å². The van der Waals surface area contributed by atoms with Crippen molar-refractivity contribution >= 4 is 23.6 Å². The quantitative estimate of drug-likeness (QED) is 0.822. The second-order valence-electron chi connectivity index (χ2n) is 6.57. The molecule has 2 aliphatic rings. The van der Waals surface area contributed by atoms with Crippen LogP contribution in [0.1, 0.15) is 23.2 Å². The van der Waals surface area contributed by atoms with Crippen LogP contribution in [0.2, 0.25) is 0 Å². The van der Waals surface area contributed by atoms with E-state index in [9.17, 15) is 9.59 Å². The number of benzene rings is 1. The van der Waals surface area contributed by atoms with Crippen molar-refractivity contribution in [2.24, 2.45) is 5.73 Å². The molecule has 0 spiro atoms. The Bertz CT molecular complexity index is 616. The SMILES string of the molecule is CS[C@@H]1CN(C(=O)c2ccc(OCC(N)=O)cc2)C[C@@H]1N1CCCC1. The molecule has 6 nitrogen and oxygen atoms in total. The van der Waals surface area contributed by atoms with Gasteiger partial charge in [0.25, 0.3) is 11.8 Å². The van der Waals surface area contributed by atoms with Gasteiger partial charge in [-0.2, -0.15) is 11.8 Å². The number of likely N-dealkylation sites (tertiary alicyclic amines) is 2. The molecule has 2 aliphatic heterocycles. The lowest BCUT2D eigenvalue weighted by Crippen LogP contribution is -2.40. The Morgan fingerprint density at radius 2 is 1.88 bits per heavy atom. The maximum Gasteiger partial charge on any atom is 0.255 e. The molecule has 2 atom stereocenters. The fourth-order valence-corrected chi connectivity index (χ4v) is 4.51. The van der Waals surface area contributed by atoms with Gasteiger partial charge in [-0.15, -0.1) is 0 Å². The Kier molecular flexibility index (Phi) is 5.86. The summed E-state index contributed by atoms with van der Waals surface area (Å²) in [7, 11) is 0. The number of ether oxygens (including phenoxy) is 1. The summed E-state index contributed by atoms with van der Waals surface area (Å²) >= 11 is 1.86. The van der Waals surface area contributed by atoms with E-state index in [2.05, 4.69) is 11.2 Å². The van der Waals surface area contributed by atoms with Crippen molar-refractivity contribution in [3.05, 3.63) is 29.8 Å². The summed E-state index contributed by atoms with van der Waals surface area (Å²) in [6, 6.07) is 7.36. The molecular weight excluding hydrogens is 338 g/mol. The Hall–Kier alpha value is -1.73. The van der Waals surface area contributed by atoms with Gasteiger partial charge >= 0.3 is 0 Å². The van der Waals surface area contributed by atoms with Crippen molar-refractivity contribution in [1.82, 2.24) is 9.80 Å². The molecule has 0 bridgehead atoms. The highest BCUT2D eigenvalue weighted by Crippen LogP contribution is 2.29. The van der Waals surface area contributed by atoms with E-state index in [0.29, 0.717) is 22.6 Å². The molecular formula is C18H25N3O3S. The van der Waals surface area contributed by atoms with Gasteiger partial charge in [-0.1, -0.05) is 0 Å². The average molecular weight is 363 g/mol. The molecule has 1 aromatic carbocycles. The first kappa shape index (κ1) is 18.1. The molecule has 0 saturated carbocycles. The topological polar surface area (TPSA) is 75.9 Å². The van der Waals surface area contributed by atoms with E-state index in [1.807, 2.05) is 16.7 Å². The highest BCUT2D eigenvalue weighted by molar-refractivity contribution is 7.99. The highest BCUT2D eigenvalue weighted by atomic mass is 32.2. The number of nitrogens with two attached hydrogens (primary N) is 1. The molecule has 25 heavy (non-hydrogen) atoms. The molecule has 0 radical (unpaired) electrons. The second kappa shape index (κ2) is 8.10. The Balaban J connectivity index is 1.63. The second-order valence-corrected chi connectivity index (χ2v) is 7.65. The lowest BCUT2D eigenvalue weighted by atomic mass is 10.2. The number of hydrogen-bond donors (Lipinski definition) is 1. The molecule has 136 valence electrons. The summed E-state index contributed by atoms with van der Waals surface area (Å²) in [6.07, 6.45) is 4.66. The van der Waals surface area contributed by atoms with Gasteiger partial charge in [0.05, 0.1) is 0 Å². The maximum absolute atomic E-state index is 12.8. The van der Waals surface area contributed by atoms with Gasteiger partial charge < -0.3 is 15.4 Å². The predicted octanol–water partition coefficient (Wildman–Crippen LogP) is 1.20. The minimum Gasteiger partial charge on any atom is -0.484 e. The van der Waals surface area contributed by atoms with E-state index in [1.165, 1.54) is 12.8 Å². The van der Waals surface area contributed by atoms with E-state index in [4.69, 9.17) is 10.5 Å². The number of hydrogen-bond acceptors (Lipinski definition) is 5. The van der Waals surface area contributed by atoms with Gasteiger partial charge in [0.15, 0.2) is 6.61 Å². The summed E-state index contributed by atoms with van der Waals surface area (Å²) in [5, 5.41) is 0.472. The lowest BCUT2D eigenvalue weighted by Gasteiger charge is -2.27. The number of thioether (sulfide) groups is 1. The molecule has 7 heteroatoms. The van der Waals surface area contributed by atoms with Crippen LogP contribution in [0.3, 0.4) is 0 Å². The van der Waals surface area contributed by atoms with E-state index < -0.39 is 5.91 Å². The van der Waals surface area contributed by atoms with Crippen molar-refractivity contribution in [3.8, 4) is 5.75 Å². The summed E-state index contributed by atoms with van der Waals surface area (Å²) in [4.78, 5) is 28.1. The fraction of sp³-hybridized carbons (Fsp3) is 0.556. The Labute approximate surface area is 152 Å². The third-order valence-electron chi connectivity index (χ3n) is 4.92. The standard InChI is InChI=1S/C18H25N3O3S/c1-25-16-11-21(10-15(16)20-8-2-3-9-20)18(23)13-4-6-14(7-5-13)24-12-17(19)22/h4-7,15-16H,2-3,8-12H2,1H3,(H2,19,22)/t15-,16+/m0/s1. The Morgan fingerprint density at radius 3 is 2.48 bits per heavy atom. The minimum absolute atomic E-state index is 0.0576. The Morgan fingerprint density at radius 1 is 1.20 bits per heavy atom. The monoisotopic (exact) mass is 363 g/mol. The third kappa shape index (κ3) is 4.27. The molecule has 2 amide bonds. The molecule has 2 heterocycles. The first-order chi connectivity index (χ1) is 12.1. The van der Waals surface area contributed by atoms with Gasteiger partial charge in [0.2, 0.25) is 0 Å². The summed E-state index contributed by atoms with van der Waals surface area (Å²) < 4.78 is 5.24. The van der Waals surface area contributed by atoms with Gasteiger partial charge in [-0.05, 0) is 56.5 Å². The van der Waals surface area contributed by atoms with Gasteiger partial charge in [-0.3, -0.25) is 14.5 Å². The lowest BCUT2D eigenvalue weighted by molar-refractivity contribution is -0.119. The number of primary amides is 1. The predicted molar refractivity (Wildman–Crippen MR) is 98.9 cm³/mol. The first-order valence-electron chi connectivity index (χ1n) is 8.66. The molecule has 0 aromatic heterocycles. The number of carbonyl (C=O) groups excluding carboxylic acids is 2. The maximum atomic E-state index is 12.8. The minimum atomic E-state index is -0.520. The van der Waals surface area contributed by atoms with Crippen molar-refractivity contribution in [3.63, 3.8) is 0 Å². The van der Waals surface area contributed by atoms with E-state index >= 15 is 0 Å². The van der Waals surface area contributed by atoms with Crippen molar-refractivity contribution in [2.75, 3.05) is 39.0 Å². The van der Waals surface area contributed by atoms with Crippen molar-refractivity contribution in [2.45, 2.75) is 24.1 Å². The van der Waals surface area contributed by atoms with E-state index in [0.717, 1.165) is 26.2 Å². The largest absolute Gasteiger partial charge is 0.484 e. The summed E-state index contributed by atoms with van der Waals surface area (Å²) in [5.41, 5.74) is 5.71. The zero-order valence-corrected chi connectivity index (χ0v) is 15.3. The first-order valence-corrected chi connectivity index (χ1v) is 9.94. The molecule has 2 saturated heterocycles. The summed E-state index contributed by atoms with van der Waals surface area (Å²) in [6.45, 7) is 3.73. The molecule has 0 aliphatic carbocycles. The van der Waals surface area contributed by atoms with Crippen LogP contribution < -0.4 is 10.5 Å². The van der Waals surface area contributed by atoms with Gasteiger partial charge in [0.1, 0.15) is 5.75 Å². The van der Waals surface area contributed by atoms with Crippen LogP contribution in [0, 0.1) is 0 Å². The number of nitrogens with zero attached hydrogens (tertiary/aromatic N) is 2. The van der Waals surface area contributed by atoms with Crippen LogP contribution in [0.5, 0.6) is 5.75 Å². The van der Waals surface area contributed by atoms with E-state index in [-0.39, 0.29) is 12.5 Å². The normalized spacial score (nSPS) is 23.8. The zero-order valence-electron chi connectivity index (χ0n) is 14.5. The van der Waals surface area contributed by atoms with Gasteiger partial charge in [-0.25, -0.2) is 0 Å². The number of amides is 2. The van der Waals surface area contributed by atoms with Crippen LogP contribution in [-0.4, -0.2) is 71.9 Å². The molecule has 0 unspecified atom stereocenters. The van der Waals surface area contributed by atoms with Crippen LogP contribution in [-0.2, 0) is 4.79 Å². The van der Waals surface area contributed by atoms with Crippen LogP contribution in [0.25, 0.3) is 0 Å². The number of carbonyl (C=O) groups is 2. The molecule has 2 fully saturated rings. The van der Waals surface area contributed by atoms with Crippen LogP contribution in [0.15, 0.2) is 24.3 Å². The van der Waals surface area contributed by atoms with Crippen LogP contribution in [0.4, 0.5) is 0 Å². The summed E-state index contributed by atoms with van der Waals surface area (Å²) in [5.74, 6) is 0.0733. The number of rotatable bonds is 6. The van der Waals surface area contributed by atoms with Crippen LogP contribution >= 0.6 is 11.8 Å². The zero-order chi connectivity index (χ0) is 17.8. The van der Waals surface area contributed by atoms with Crippen molar-refractivity contribution < 1.29 is 14.3 Å². The molecule has 1 aromatic rings. The highest BCUT2D eigenvalue weighted by Gasteiger charge is 2.39. The van der Waals surface area contributed by atoms with E-state index in [1.54, 1.807) is 24.3 Å². The van der Waals surface area contributed by atoms with Gasteiger partial charge in [0, 0.05) is 29.9 Å². The smallest absolute Gasteiger partial charge is 0.255 e. The fourth-order valence-electron chi connectivity index (χ4n) is 3.61. The molecule has 2 N–H and O–H groups in total. The third-order valence-corrected chi connectivity index (χ3v) is 5.99. The average Bonchev–Trinajstić information content (AvgIpc) is 3.28. The molecule has 3 rings (SSSR count).